The van der Waals surface area contributed by atoms with Crippen LogP contribution in [0.2, 0.25) is 0 Å². The molecule has 0 saturated carbocycles. The molecule has 0 radical (unpaired) electrons. The molecule has 24 heavy (non-hydrogen) atoms. The van der Waals surface area contributed by atoms with Crippen LogP contribution in [0.4, 0.5) is 0 Å². The minimum Gasteiger partial charge on any atom is -0.292 e. The van der Waals surface area contributed by atoms with Crippen LogP contribution < -0.4 is 0 Å². The van der Waals surface area contributed by atoms with Gasteiger partial charge in [0.05, 0.1) is 34.2 Å². The maximum absolute atomic E-state index is 4.45. The Bertz CT molecular complexity index is 556. The quantitative estimate of drug-likeness (QED) is 0.387. The van der Waals surface area contributed by atoms with Gasteiger partial charge in [-0.2, -0.15) is 0 Å². The lowest BCUT2D eigenvalue weighted by atomic mass is 10.2. The number of nitrogens with zero attached hydrogens (tertiary/aromatic N) is 5. The van der Waals surface area contributed by atoms with E-state index in [2.05, 4.69) is 62.2 Å². The Kier molecular flexibility index (Phi) is 16.8. The molecule has 0 unspecified atom stereocenters. The molecule has 0 atom stereocenters. The summed E-state index contributed by atoms with van der Waals surface area (Å²) in [5.41, 5.74) is 5.72. The Morgan fingerprint density at radius 1 is 0.708 bits per heavy atom. The van der Waals surface area contributed by atoms with Crippen molar-refractivity contribution in [3.63, 3.8) is 0 Å². The molecule has 0 saturated heterocycles. The first kappa shape index (κ1) is 25.5. The van der Waals surface area contributed by atoms with Crippen molar-refractivity contribution >= 4 is 60.1 Å². The fraction of sp³-hybridized carbons (Fsp3) is 0.471. The summed E-state index contributed by atoms with van der Waals surface area (Å²) in [5, 5.41) is 0. The lowest BCUT2D eigenvalue weighted by molar-refractivity contribution is 1.22. The highest BCUT2D eigenvalue weighted by Gasteiger charge is 2.01. The molecule has 0 aliphatic heterocycles. The molecule has 0 aliphatic rings. The van der Waals surface area contributed by atoms with Crippen molar-refractivity contribution in [2.45, 2.75) is 27.7 Å². The Balaban J connectivity index is 0. The van der Waals surface area contributed by atoms with E-state index in [4.69, 9.17) is 0 Å². The second kappa shape index (κ2) is 15.8. The third-order valence-corrected chi connectivity index (χ3v) is 3.36. The SMILES string of the molecule is CN=C(C)C(C)=NC.CN=C(C)c1cccc(C(C)=NC)n1.II. The summed E-state index contributed by atoms with van der Waals surface area (Å²) in [4.78, 5) is 20.5. The minimum atomic E-state index is 0.910. The lowest BCUT2D eigenvalue weighted by Gasteiger charge is -2.02. The van der Waals surface area contributed by atoms with Crippen LogP contribution in [0.25, 0.3) is 0 Å². The van der Waals surface area contributed by atoms with Crippen LogP contribution in [0.3, 0.4) is 0 Å². The van der Waals surface area contributed by atoms with Crippen molar-refractivity contribution in [1.29, 1.82) is 0 Å². The number of rotatable bonds is 3. The fourth-order valence-electron chi connectivity index (χ4n) is 1.39. The highest BCUT2D eigenvalue weighted by Crippen LogP contribution is 2.02. The Morgan fingerprint density at radius 3 is 1.29 bits per heavy atom. The molecule has 1 heterocycles. The predicted octanol–water partition coefficient (Wildman–Crippen LogP) is 4.90. The molecule has 1 aromatic rings. The van der Waals surface area contributed by atoms with E-state index in [-0.39, 0.29) is 0 Å². The van der Waals surface area contributed by atoms with Gasteiger partial charge in [-0.1, -0.05) is 6.07 Å². The third kappa shape index (κ3) is 10.2. The Hall–Kier alpha value is -0.710. The van der Waals surface area contributed by atoms with Gasteiger partial charge in [-0.15, -0.1) is 0 Å². The third-order valence-electron chi connectivity index (χ3n) is 3.36. The minimum absolute atomic E-state index is 0.910. The van der Waals surface area contributed by atoms with Gasteiger partial charge in [-0.05, 0) is 39.8 Å². The molecule has 134 valence electrons. The van der Waals surface area contributed by atoms with Crippen LogP contribution in [-0.2, 0) is 0 Å². The van der Waals surface area contributed by atoms with Crippen LogP contribution >= 0.6 is 37.2 Å². The molecule has 0 aliphatic carbocycles. The van der Waals surface area contributed by atoms with Gasteiger partial charge in [0, 0.05) is 65.4 Å². The summed E-state index contributed by atoms with van der Waals surface area (Å²) >= 11 is 4.24. The standard InChI is InChI=1S/C11H15N3.C6H12N2.I2/c1-8(12-3)10-6-5-7-11(14-10)9(2)13-4;1-5(7-3)6(2)8-4;1-2/h5-7H,1-4H3;1-4H3;. The second-order valence-electron chi connectivity index (χ2n) is 4.64. The smallest absolute Gasteiger partial charge is 0.0844 e. The monoisotopic (exact) mass is 555 g/mol. The number of halogens is 2. The van der Waals surface area contributed by atoms with Gasteiger partial charge >= 0.3 is 0 Å². The van der Waals surface area contributed by atoms with Crippen molar-refractivity contribution in [1.82, 2.24) is 4.98 Å². The zero-order chi connectivity index (χ0) is 19.1. The van der Waals surface area contributed by atoms with Crippen molar-refractivity contribution in [2.75, 3.05) is 28.2 Å². The maximum atomic E-state index is 4.45. The second-order valence-corrected chi connectivity index (χ2v) is 4.64. The van der Waals surface area contributed by atoms with Crippen LogP contribution in [0.15, 0.2) is 38.2 Å². The molecular formula is C17H27I2N5. The first-order valence-corrected chi connectivity index (χ1v) is 13.6. The van der Waals surface area contributed by atoms with Crippen molar-refractivity contribution in [3.8, 4) is 0 Å². The molecule has 1 rings (SSSR count). The highest BCUT2D eigenvalue weighted by atomic mass is 128. The average molecular weight is 555 g/mol. The van der Waals surface area contributed by atoms with Crippen LogP contribution in [0, 0.1) is 0 Å². The van der Waals surface area contributed by atoms with E-state index < -0.39 is 0 Å². The Labute approximate surface area is 169 Å². The number of pyridine rings is 1. The van der Waals surface area contributed by atoms with Crippen LogP contribution in [0.1, 0.15) is 39.1 Å². The number of hydrogen-bond acceptors (Lipinski definition) is 5. The van der Waals surface area contributed by atoms with E-state index in [0.29, 0.717) is 0 Å². The molecule has 5 nitrogen and oxygen atoms in total. The molecule has 0 spiro atoms. The van der Waals surface area contributed by atoms with E-state index in [0.717, 1.165) is 34.2 Å². The van der Waals surface area contributed by atoms with Crippen LogP contribution in [0.5, 0.6) is 0 Å². The fourth-order valence-corrected chi connectivity index (χ4v) is 1.39. The zero-order valence-electron chi connectivity index (χ0n) is 15.7. The van der Waals surface area contributed by atoms with Crippen molar-refractivity contribution < 1.29 is 0 Å². The van der Waals surface area contributed by atoms with E-state index >= 15 is 0 Å². The summed E-state index contributed by atoms with van der Waals surface area (Å²) in [6, 6.07) is 5.88. The highest BCUT2D eigenvalue weighted by molar-refractivity contribution is 15.0. The summed E-state index contributed by atoms with van der Waals surface area (Å²) in [5.74, 6) is 0. The largest absolute Gasteiger partial charge is 0.292 e. The molecular weight excluding hydrogens is 528 g/mol. The van der Waals surface area contributed by atoms with Gasteiger partial charge in [0.1, 0.15) is 0 Å². The van der Waals surface area contributed by atoms with E-state index in [9.17, 15) is 0 Å². The Morgan fingerprint density at radius 2 is 1.04 bits per heavy atom. The molecule has 7 heteroatoms. The molecule has 0 aromatic carbocycles. The lowest BCUT2D eigenvalue weighted by Crippen LogP contribution is -2.04. The summed E-state index contributed by atoms with van der Waals surface area (Å²) < 4.78 is 0. The molecule has 0 N–H and O–H groups in total. The number of aromatic nitrogens is 1. The first-order chi connectivity index (χ1) is 11.4. The molecule has 0 fully saturated rings. The number of hydrogen-bond donors (Lipinski definition) is 0. The predicted molar refractivity (Wildman–Crippen MR) is 127 cm³/mol. The van der Waals surface area contributed by atoms with Gasteiger partial charge in [0.15, 0.2) is 0 Å². The summed E-state index contributed by atoms with van der Waals surface area (Å²) in [6.45, 7) is 7.79. The zero-order valence-corrected chi connectivity index (χ0v) is 20.0. The summed E-state index contributed by atoms with van der Waals surface area (Å²) in [7, 11) is 7.07. The number of aliphatic imine (C=N–C) groups is 4. The first-order valence-electron chi connectivity index (χ1n) is 7.27. The molecule has 0 bridgehead atoms. The van der Waals surface area contributed by atoms with Crippen molar-refractivity contribution in [2.24, 2.45) is 20.0 Å². The summed E-state index contributed by atoms with van der Waals surface area (Å²) in [6.07, 6.45) is 0. The van der Waals surface area contributed by atoms with Gasteiger partial charge < -0.3 is 0 Å². The normalized spacial score (nSPS) is 12.8. The molecule has 1 aromatic heterocycles. The molecule has 0 amide bonds. The van der Waals surface area contributed by atoms with E-state index in [1.807, 2.05) is 45.9 Å². The average Bonchev–Trinajstić information content (AvgIpc) is 2.67. The van der Waals surface area contributed by atoms with Gasteiger partial charge in [0.2, 0.25) is 0 Å². The van der Waals surface area contributed by atoms with Crippen molar-refractivity contribution in [3.05, 3.63) is 29.6 Å². The van der Waals surface area contributed by atoms with E-state index in [1.54, 1.807) is 28.2 Å². The van der Waals surface area contributed by atoms with Gasteiger partial charge in [-0.3, -0.25) is 20.0 Å². The van der Waals surface area contributed by atoms with Crippen LogP contribution in [-0.4, -0.2) is 56.0 Å². The topological polar surface area (TPSA) is 62.3 Å². The van der Waals surface area contributed by atoms with Gasteiger partial charge in [-0.25, -0.2) is 4.98 Å². The van der Waals surface area contributed by atoms with Gasteiger partial charge in [0.25, 0.3) is 0 Å². The van der Waals surface area contributed by atoms with E-state index in [1.165, 1.54) is 0 Å². The maximum Gasteiger partial charge on any atom is 0.0844 e.